The number of thioether (sulfide) groups is 2. The molecule has 1 fully saturated rings. The first-order chi connectivity index (χ1) is 9.07. The highest BCUT2D eigenvalue weighted by Gasteiger charge is 2.32. The first-order valence-corrected chi connectivity index (χ1v) is 7.90. The molecule has 0 unspecified atom stereocenters. The highest BCUT2D eigenvalue weighted by Crippen LogP contribution is 2.45. The Labute approximate surface area is 120 Å². The molecule has 0 aliphatic carbocycles. The van der Waals surface area contributed by atoms with Crippen LogP contribution in [0.4, 0.5) is 4.39 Å². The second kappa shape index (κ2) is 6.43. The fraction of sp³-hybridized carbons (Fsp3) is 0.385. The van der Waals surface area contributed by atoms with Gasteiger partial charge in [0.05, 0.1) is 16.7 Å². The third kappa shape index (κ3) is 4.54. The molecule has 1 saturated heterocycles. The van der Waals surface area contributed by atoms with Gasteiger partial charge in [0.15, 0.2) is 0 Å². The highest BCUT2D eigenvalue weighted by atomic mass is 32.2. The van der Waals surface area contributed by atoms with Crippen molar-refractivity contribution in [1.29, 1.82) is 0 Å². The molecule has 0 bridgehead atoms. The first-order valence-electron chi connectivity index (χ1n) is 5.93. The molecule has 0 aromatic heterocycles. The summed E-state index contributed by atoms with van der Waals surface area (Å²) in [6.45, 7) is 2.08. The minimum absolute atomic E-state index is 0.0323. The number of amides is 1. The Morgan fingerprint density at radius 1 is 1.42 bits per heavy atom. The molecule has 0 spiro atoms. The average Bonchev–Trinajstić information content (AvgIpc) is 2.78. The quantitative estimate of drug-likeness (QED) is 0.686. The minimum Gasteiger partial charge on any atom is -0.273 e. The van der Waals surface area contributed by atoms with Crippen molar-refractivity contribution in [2.45, 2.75) is 17.4 Å². The number of rotatable bonds is 4. The smallest absolute Gasteiger partial charge is 0.242 e. The van der Waals surface area contributed by atoms with E-state index in [0.717, 1.165) is 17.1 Å². The Bertz CT molecular complexity index is 470. The van der Waals surface area contributed by atoms with E-state index in [0.29, 0.717) is 6.42 Å². The van der Waals surface area contributed by atoms with E-state index in [1.165, 1.54) is 18.3 Å². The molecule has 0 radical (unpaired) electrons. The molecule has 102 valence electrons. The molecule has 1 heterocycles. The number of nitrogens with zero attached hydrogens (tertiary/aromatic N) is 1. The molecule has 19 heavy (non-hydrogen) atoms. The van der Waals surface area contributed by atoms with Crippen molar-refractivity contribution in [1.82, 2.24) is 5.43 Å². The van der Waals surface area contributed by atoms with Gasteiger partial charge in [0.25, 0.3) is 0 Å². The second-order valence-electron chi connectivity index (χ2n) is 4.35. The summed E-state index contributed by atoms with van der Waals surface area (Å²) < 4.78 is 12.7. The van der Waals surface area contributed by atoms with Gasteiger partial charge in [0, 0.05) is 11.5 Å². The van der Waals surface area contributed by atoms with Gasteiger partial charge in [-0.1, -0.05) is 12.1 Å². The zero-order valence-corrected chi connectivity index (χ0v) is 12.2. The molecule has 6 heteroatoms. The molecule has 0 saturated carbocycles. The molecule has 1 aliphatic heterocycles. The number of hydrogen-bond donors (Lipinski definition) is 1. The fourth-order valence-electron chi connectivity index (χ4n) is 1.72. The first kappa shape index (κ1) is 14.4. The van der Waals surface area contributed by atoms with Crippen LogP contribution in [0.5, 0.6) is 0 Å². The van der Waals surface area contributed by atoms with Crippen molar-refractivity contribution >= 4 is 35.6 Å². The zero-order chi connectivity index (χ0) is 13.7. The van der Waals surface area contributed by atoms with Gasteiger partial charge >= 0.3 is 0 Å². The predicted molar refractivity (Wildman–Crippen MR) is 80.1 cm³/mol. The van der Waals surface area contributed by atoms with Crippen molar-refractivity contribution < 1.29 is 9.18 Å². The van der Waals surface area contributed by atoms with E-state index in [1.807, 2.05) is 23.5 Å². The van der Waals surface area contributed by atoms with Gasteiger partial charge in [-0.3, -0.25) is 4.79 Å². The van der Waals surface area contributed by atoms with Gasteiger partial charge in [-0.05, 0) is 24.6 Å². The zero-order valence-electron chi connectivity index (χ0n) is 10.6. The summed E-state index contributed by atoms with van der Waals surface area (Å²) in [5, 5.41) is 3.88. The molecule has 1 N–H and O–H groups in total. The van der Waals surface area contributed by atoms with Crippen LogP contribution in [-0.2, 0) is 4.79 Å². The number of benzene rings is 1. The maximum absolute atomic E-state index is 12.7. The molecule has 1 aliphatic rings. The lowest BCUT2D eigenvalue weighted by Gasteiger charge is -2.19. The van der Waals surface area contributed by atoms with Gasteiger partial charge < -0.3 is 0 Å². The van der Waals surface area contributed by atoms with E-state index < -0.39 is 0 Å². The lowest BCUT2D eigenvalue weighted by Crippen LogP contribution is -2.26. The van der Waals surface area contributed by atoms with E-state index in [4.69, 9.17) is 0 Å². The van der Waals surface area contributed by atoms with Crippen molar-refractivity contribution in [3.8, 4) is 0 Å². The molecular formula is C13H15FN2OS2. The van der Waals surface area contributed by atoms with E-state index >= 15 is 0 Å². The highest BCUT2D eigenvalue weighted by molar-refractivity contribution is 8.21. The van der Waals surface area contributed by atoms with E-state index in [9.17, 15) is 9.18 Å². The third-order valence-corrected chi connectivity index (χ3v) is 5.94. The number of halogens is 1. The van der Waals surface area contributed by atoms with Crippen LogP contribution in [-0.4, -0.2) is 27.7 Å². The molecule has 0 atom stereocenters. The SMILES string of the molecule is CC1(CC(=O)N/N=C/c2ccc(F)cc2)SCCS1. The molecule has 2 rings (SSSR count). The Hall–Kier alpha value is -1.01. The Kier molecular flexibility index (Phi) is 4.87. The van der Waals surface area contributed by atoms with Crippen LogP contribution >= 0.6 is 23.5 Å². The molecule has 1 amide bonds. The van der Waals surface area contributed by atoms with Crippen molar-refractivity contribution in [3.63, 3.8) is 0 Å². The van der Waals surface area contributed by atoms with E-state index in [2.05, 4.69) is 17.5 Å². The van der Waals surface area contributed by atoms with E-state index in [-0.39, 0.29) is 15.8 Å². The normalized spacial score (nSPS) is 17.8. The standard InChI is InChI=1S/C13H15FN2OS2/c1-13(18-6-7-19-13)8-12(17)16-15-9-10-2-4-11(14)5-3-10/h2-5,9H,6-8H2,1H3,(H,16,17)/b15-9+. The summed E-state index contributed by atoms with van der Waals surface area (Å²) >= 11 is 3.63. The van der Waals surface area contributed by atoms with Crippen LogP contribution in [0, 0.1) is 5.82 Å². The Morgan fingerprint density at radius 2 is 2.05 bits per heavy atom. The van der Waals surface area contributed by atoms with Gasteiger partial charge in [-0.15, -0.1) is 23.5 Å². The summed E-state index contributed by atoms with van der Waals surface area (Å²) in [5.41, 5.74) is 3.26. The minimum atomic E-state index is -0.288. The van der Waals surface area contributed by atoms with Crippen molar-refractivity contribution in [2.75, 3.05) is 11.5 Å². The lowest BCUT2D eigenvalue weighted by atomic mass is 10.2. The number of nitrogens with one attached hydrogen (secondary N) is 1. The summed E-state index contributed by atoms with van der Waals surface area (Å²) in [6, 6.07) is 5.93. The maximum Gasteiger partial charge on any atom is 0.242 e. The van der Waals surface area contributed by atoms with Crippen LogP contribution in [0.1, 0.15) is 18.9 Å². The van der Waals surface area contributed by atoms with Crippen LogP contribution in [0.3, 0.4) is 0 Å². The summed E-state index contributed by atoms with van der Waals surface area (Å²) in [6.07, 6.45) is 1.96. The molecule has 3 nitrogen and oxygen atoms in total. The van der Waals surface area contributed by atoms with Crippen molar-refractivity contribution in [3.05, 3.63) is 35.6 Å². The summed E-state index contributed by atoms with van der Waals surface area (Å²) in [4.78, 5) is 11.7. The number of carbonyl (C=O) groups is 1. The monoisotopic (exact) mass is 298 g/mol. The molecule has 1 aromatic carbocycles. The third-order valence-electron chi connectivity index (χ3n) is 2.65. The van der Waals surface area contributed by atoms with Crippen molar-refractivity contribution in [2.24, 2.45) is 5.10 Å². The Balaban J connectivity index is 1.81. The molecular weight excluding hydrogens is 283 g/mol. The number of hydrazone groups is 1. The maximum atomic E-state index is 12.7. The number of carbonyl (C=O) groups excluding carboxylic acids is 1. The number of hydrogen-bond acceptors (Lipinski definition) is 4. The summed E-state index contributed by atoms with van der Waals surface area (Å²) in [5.74, 6) is 1.80. The van der Waals surface area contributed by atoms with Gasteiger partial charge in [0.1, 0.15) is 5.82 Å². The predicted octanol–water partition coefficient (Wildman–Crippen LogP) is 2.86. The lowest BCUT2D eigenvalue weighted by molar-refractivity contribution is -0.121. The largest absolute Gasteiger partial charge is 0.273 e. The average molecular weight is 298 g/mol. The Morgan fingerprint density at radius 3 is 2.68 bits per heavy atom. The topological polar surface area (TPSA) is 41.5 Å². The molecule has 1 aromatic rings. The van der Waals surface area contributed by atoms with Gasteiger partial charge in [-0.2, -0.15) is 5.10 Å². The van der Waals surface area contributed by atoms with Crippen LogP contribution in [0.25, 0.3) is 0 Å². The van der Waals surface area contributed by atoms with Gasteiger partial charge in [-0.25, -0.2) is 9.82 Å². The fourth-order valence-corrected chi connectivity index (χ4v) is 4.55. The van der Waals surface area contributed by atoms with Crippen LogP contribution in [0.15, 0.2) is 29.4 Å². The van der Waals surface area contributed by atoms with Crippen LogP contribution < -0.4 is 5.43 Å². The van der Waals surface area contributed by atoms with Crippen LogP contribution in [0.2, 0.25) is 0 Å². The second-order valence-corrected chi connectivity index (χ2v) is 7.81. The summed E-state index contributed by atoms with van der Waals surface area (Å²) in [7, 11) is 0. The van der Waals surface area contributed by atoms with E-state index in [1.54, 1.807) is 12.1 Å². The van der Waals surface area contributed by atoms with Gasteiger partial charge in [0.2, 0.25) is 5.91 Å².